The SMILES string of the molecule is CCNc1nc(C)nc(NC(C)C=S)n1. The summed E-state index contributed by atoms with van der Waals surface area (Å²) in [5.41, 5.74) is 0. The fourth-order valence-corrected chi connectivity index (χ4v) is 1.09. The van der Waals surface area contributed by atoms with Gasteiger partial charge in [0.25, 0.3) is 0 Å². The molecular formula is C9H15N5S. The van der Waals surface area contributed by atoms with Crippen LogP contribution in [0.2, 0.25) is 0 Å². The highest BCUT2D eigenvalue weighted by Crippen LogP contribution is 2.05. The van der Waals surface area contributed by atoms with Crippen molar-refractivity contribution in [3.63, 3.8) is 0 Å². The molecule has 1 heterocycles. The van der Waals surface area contributed by atoms with Crippen LogP contribution in [0.1, 0.15) is 19.7 Å². The average molecular weight is 225 g/mol. The van der Waals surface area contributed by atoms with Crippen molar-refractivity contribution < 1.29 is 0 Å². The molecule has 2 N–H and O–H groups in total. The van der Waals surface area contributed by atoms with Gasteiger partial charge < -0.3 is 10.6 Å². The van der Waals surface area contributed by atoms with Crippen molar-refractivity contribution in [3.05, 3.63) is 5.82 Å². The molecule has 0 radical (unpaired) electrons. The van der Waals surface area contributed by atoms with Gasteiger partial charge in [-0.2, -0.15) is 15.0 Å². The molecule has 82 valence electrons. The number of thiocarbonyl (C=S) groups is 1. The summed E-state index contributed by atoms with van der Waals surface area (Å²) in [4.78, 5) is 12.5. The second-order valence-corrected chi connectivity index (χ2v) is 3.40. The summed E-state index contributed by atoms with van der Waals surface area (Å²) in [6.45, 7) is 6.55. The lowest BCUT2D eigenvalue weighted by Crippen LogP contribution is -2.18. The zero-order valence-electron chi connectivity index (χ0n) is 9.11. The maximum atomic E-state index is 4.82. The number of rotatable bonds is 5. The van der Waals surface area contributed by atoms with Gasteiger partial charge in [0.15, 0.2) is 0 Å². The molecule has 1 aromatic heterocycles. The van der Waals surface area contributed by atoms with Crippen molar-refractivity contribution >= 4 is 29.5 Å². The number of aromatic nitrogens is 3. The predicted molar refractivity (Wildman–Crippen MR) is 65.5 cm³/mol. The summed E-state index contributed by atoms with van der Waals surface area (Å²) in [5, 5.41) is 7.74. The number of hydrogen-bond donors (Lipinski definition) is 2. The van der Waals surface area contributed by atoms with E-state index < -0.39 is 0 Å². The zero-order chi connectivity index (χ0) is 11.3. The van der Waals surface area contributed by atoms with Crippen molar-refractivity contribution in [2.75, 3.05) is 17.2 Å². The Bertz CT molecular complexity index is 341. The number of aryl methyl sites for hydroxylation is 1. The Morgan fingerprint density at radius 2 is 2.00 bits per heavy atom. The highest BCUT2D eigenvalue weighted by molar-refractivity contribution is 7.79. The third-order valence-electron chi connectivity index (χ3n) is 1.64. The van der Waals surface area contributed by atoms with Crippen molar-refractivity contribution in [2.24, 2.45) is 0 Å². The van der Waals surface area contributed by atoms with Gasteiger partial charge in [-0.1, -0.05) is 12.2 Å². The second-order valence-electron chi connectivity index (χ2n) is 3.13. The molecule has 1 atom stereocenters. The number of hydrogen-bond acceptors (Lipinski definition) is 6. The Morgan fingerprint density at radius 1 is 1.33 bits per heavy atom. The van der Waals surface area contributed by atoms with Crippen LogP contribution >= 0.6 is 12.2 Å². The Balaban J connectivity index is 2.83. The van der Waals surface area contributed by atoms with Crippen molar-refractivity contribution in [1.29, 1.82) is 0 Å². The molecule has 0 fully saturated rings. The van der Waals surface area contributed by atoms with Gasteiger partial charge in [-0.25, -0.2) is 0 Å². The van der Waals surface area contributed by atoms with Gasteiger partial charge in [-0.15, -0.1) is 0 Å². The van der Waals surface area contributed by atoms with Crippen molar-refractivity contribution in [3.8, 4) is 0 Å². The van der Waals surface area contributed by atoms with E-state index in [9.17, 15) is 0 Å². The highest BCUT2D eigenvalue weighted by Gasteiger charge is 2.04. The first-order valence-electron chi connectivity index (χ1n) is 4.84. The van der Waals surface area contributed by atoms with E-state index in [2.05, 4.69) is 25.6 Å². The van der Waals surface area contributed by atoms with E-state index in [0.29, 0.717) is 17.7 Å². The Hall–Kier alpha value is -1.30. The molecule has 0 aliphatic rings. The molecule has 0 spiro atoms. The van der Waals surface area contributed by atoms with Crippen molar-refractivity contribution in [2.45, 2.75) is 26.8 Å². The molecule has 0 aliphatic heterocycles. The van der Waals surface area contributed by atoms with Crippen LogP contribution in [0.25, 0.3) is 0 Å². The maximum absolute atomic E-state index is 4.82. The van der Waals surface area contributed by atoms with E-state index in [1.54, 1.807) is 5.37 Å². The first kappa shape index (κ1) is 11.8. The fraction of sp³-hybridized carbons (Fsp3) is 0.556. The van der Waals surface area contributed by atoms with Crippen LogP contribution in [0.4, 0.5) is 11.9 Å². The van der Waals surface area contributed by atoms with E-state index in [4.69, 9.17) is 12.2 Å². The van der Waals surface area contributed by atoms with Crippen LogP contribution in [-0.4, -0.2) is 32.9 Å². The largest absolute Gasteiger partial charge is 0.354 e. The molecule has 0 aromatic carbocycles. The van der Waals surface area contributed by atoms with Gasteiger partial charge in [0, 0.05) is 11.9 Å². The normalized spacial score (nSPS) is 11.9. The molecule has 1 unspecified atom stereocenters. The minimum Gasteiger partial charge on any atom is -0.354 e. The third kappa shape index (κ3) is 3.75. The standard InChI is InChI=1S/C9H15N5S/c1-4-10-8-12-7(3)13-9(14-8)11-6(2)5-15/h5-6H,4H2,1-3H3,(H2,10,11,12,13,14). The summed E-state index contributed by atoms with van der Waals surface area (Å²) in [7, 11) is 0. The van der Waals surface area contributed by atoms with Crippen molar-refractivity contribution in [1.82, 2.24) is 15.0 Å². The molecular weight excluding hydrogens is 210 g/mol. The summed E-state index contributed by atoms with van der Waals surface area (Å²) in [6.07, 6.45) is 0. The molecule has 1 rings (SSSR count). The minimum atomic E-state index is 0.0660. The van der Waals surface area contributed by atoms with Gasteiger partial charge in [-0.05, 0) is 20.8 Å². The number of nitrogens with one attached hydrogen (secondary N) is 2. The summed E-state index contributed by atoms with van der Waals surface area (Å²) < 4.78 is 0. The second kappa shape index (κ2) is 5.55. The number of anilines is 2. The van der Waals surface area contributed by atoms with Gasteiger partial charge >= 0.3 is 0 Å². The van der Waals surface area contributed by atoms with Crippen LogP contribution in [0.15, 0.2) is 0 Å². The smallest absolute Gasteiger partial charge is 0.228 e. The Labute approximate surface area is 94.7 Å². The third-order valence-corrected chi connectivity index (χ3v) is 2.05. The minimum absolute atomic E-state index is 0.0660. The molecule has 1 aromatic rings. The molecule has 0 aliphatic carbocycles. The predicted octanol–water partition coefficient (Wildman–Crippen LogP) is 1.41. The molecule has 5 nitrogen and oxygen atoms in total. The van der Waals surface area contributed by atoms with Gasteiger partial charge in [0.1, 0.15) is 5.82 Å². The Kier molecular flexibility index (Phi) is 4.36. The summed E-state index contributed by atoms with van der Waals surface area (Å²) >= 11 is 4.82. The van der Waals surface area contributed by atoms with E-state index in [0.717, 1.165) is 6.54 Å². The van der Waals surface area contributed by atoms with Gasteiger partial charge in [-0.3, -0.25) is 0 Å². The Morgan fingerprint density at radius 3 is 2.60 bits per heavy atom. The van der Waals surface area contributed by atoms with E-state index >= 15 is 0 Å². The lowest BCUT2D eigenvalue weighted by Gasteiger charge is -2.10. The van der Waals surface area contributed by atoms with E-state index in [1.807, 2.05) is 20.8 Å². The fourth-order valence-electron chi connectivity index (χ4n) is 1.02. The molecule has 0 bridgehead atoms. The monoisotopic (exact) mass is 225 g/mol. The summed E-state index contributed by atoms with van der Waals surface area (Å²) in [6, 6.07) is 0.0660. The molecule has 6 heteroatoms. The van der Waals surface area contributed by atoms with E-state index in [-0.39, 0.29) is 6.04 Å². The maximum Gasteiger partial charge on any atom is 0.228 e. The first-order chi connectivity index (χ1) is 7.15. The average Bonchev–Trinajstić information content (AvgIpc) is 2.17. The molecule has 0 saturated heterocycles. The lowest BCUT2D eigenvalue weighted by molar-refractivity contribution is 0.934. The van der Waals surface area contributed by atoms with E-state index in [1.165, 1.54) is 0 Å². The van der Waals surface area contributed by atoms with Gasteiger partial charge in [0.05, 0.1) is 6.04 Å². The topological polar surface area (TPSA) is 62.7 Å². The molecule has 0 saturated carbocycles. The quantitative estimate of drug-likeness (QED) is 0.739. The highest BCUT2D eigenvalue weighted by atomic mass is 32.1. The molecule has 0 amide bonds. The van der Waals surface area contributed by atoms with Crippen LogP contribution in [0.5, 0.6) is 0 Å². The van der Waals surface area contributed by atoms with Crippen LogP contribution < -0.4 is 10.6 Å². The summed E-state index contributed by atoms with van der Waals surface area (Å²) in [5.74, 6) is 1.82. The van der Waals surface area contributed by atoms with Gasteiger partial charge in [0.2, 0.25) is 11.9 Å². The van der Waals surface area contributed by atoms with Crippen LogP contribution in [0, 0.1) is 6.92 Å². The molecule has 15 heavy (non-hydrogen) atoms. The lowest BCUT2D eigenvalue weighted by atomic mass is 10.4. The number of nitrogens with zero attached hydrogens (tertiary/aromatic N) is 3. The zero-order valence-corrected chi connectivity index (χ0v) is 9.93. The van der Waals surface area contributed by atoms with Crippen LogP contribution in [-0.2, 0) is 0 Å². The first-order valence-corrected chi connectivity index (χ1v) is 5.31. The van der Waals surface area contributed by atoms with Crippen LogP contribution in [0.3, 0.4) is 0 Å².